The summed E-state index contributed by atoms with van der Waals surface area (Å²) in [7, 11) is 1.54. The molecule has 1 aromatic carbocycles. The summed E-state index contributed by atoms with van der Waals surface area (Å²) < 4.78 is 0. The highest BCUT2D eigenvalue weighted by Gasteiger charge is 2.13. The molecular weight excluding hydrogens is 282 g/mol. The van der Waals surface area contributed by atoms with Gasteiger partial charge in [-0.3, -0.25) is 14.4 Å². The first-order valence-electron chi connectivity index (χ1n) is 7.34. The lowest BCUT2D eigenvalue weighted by Crippen LogP contribution is -2.43. The van der Waals surface area contributed by atoms with E-state index in [4.69, 9.17) is 0 Å². The summed E-state index contributed by atoms with van der Waals surface area (Å²) in [5, 5.41) is 5.26. The second-order valence-electron chi connectivity index (χ2n) is 5.04. The average Bonchev–Trinajstić information content (AvgIpc) is 2.51. The second kappa shape index (κ2) is 9.55. The van der Waals surface area contributed by atoms with E-state index >= 15 is 0 Å². The van der Waals surface area contributed by atoms with Gasteiger partial charge in [-0.05, 0) is 12.0 Å². The van der Waals surface area contributed by atoms with Crippen LogP contribution in [0.25, 0.3) is 0 Å². The van der Waals surface area contributed by atoms with Crippen molar-refractivity contribution in [2.45, 2.75) is 19.8 Å². The van der Waals surface area contributed by atoms with E-state index in [2.05, 4.69) is 10.6 Å². The van der Waals surface area contributed by atoms with Crippen molar-refractivity contribution in [3.63, 3.8) is 0 Å². The van der Waals surface area contributed by atoms with Gasteiger partial charge in [-0.15, -0.1) is 0 Å². The number of carbonyl (C=O) groups is 3. The fourth-order valence-corrected chi connectivity index (χ4v) is 1.78. The van der Waals surface area contributed by atoms with E-state index in [1.807, 2.05) is 37.3 Å². The minimum absolute atomic E-state index is 0.00656. The predicted molar refractivity (Wildman–Crippen MR) is 84.1 cm³/mol. The van der Waals surface area contributed by atoms with E-state index in [1.54, 1.807) is 0 Å². The number of benzene rings is 1. The summed E-state index contributed by atoms with van der Waals surface area (Å²) >= 11 is 0. The van der Waals surface area contributed by atoms with Gasteiger partial charge < -0.3 is 15.5 Å². The standard InChI is InChI=1S/C16H23N3O3/c1-3-9-17-15(21)12-19(2)16(22)11-18-14(20)10-13-7-5-4-6-8-13/h4-8H,3,9-12H2,1-2H3,(H,17,21)(H,18,20). The summed E-state index contributed by atoms with van der Waals surface area (Å²) in [6, 6.07) is 9.30. The summed E-state index contributed by atoms with van der Waals surface area (Å²) in [4.78, 5) is 36.4. The maximum atomic E-state index is 11.8. The number of nitrogens with one attached hydrogen (secondary N) is 2. The quantitative estimate of drug-likeness (QED) is 0.726. The molecule has 2 N–H and O–H groups in total. The van der Waals surface area contributed by atoms with Gasteiger partial charge in [-0.2, -0.15) is 0 Å². The lowest BCUT2D eigenvalue weighted by atomic mass is 10.1. The Labute approximate surface area is 130 Å². The number of carbonyl (C=O) groups excluding carboxylic acids is 3. The maximum Gasteiger partial charge on any atom is 0.242 e. The maximum absolute atomic E-state index is 11.8. The summed E-state index contributed by atoms with van der Waals surface area (Å²) in [5.74, 6) is -0.718. The third-order valence-electron chi connectivity index (χ3n) is 3.02. The minimum Gasteiger partial charge on any atom is -0.355 e. The largest absolute Gasteiger partial charge is 0.355 e. The Balaban J connectivity index is 2.29. The third kappa shape index (κ3) is 6.88. The van der Waals surface area contributed by atoms with Crippen LogP contribution in [0.3, 0.4) is 0 Å². The molecule has 0 unspecified atom stereocenters. The Morgan fingerprint density at radius 2 is 1.73 bits per heavy atom. The molecule has 1 rings (SSSR count). The molecule has 0 atom stereocenters. The number of likely N-dealkylation sites (N-methyl/N-ethyl adjacent to an activating group) is 1. The molecule has 0 saturated carbocycles. The molecule has 22 heavy (non-hydrogen) atoms. The predicted octanol–water partition coefficient (Wildman–Crippen LogP) is 0.330. The summed E-state index contributed by atoms with van der Waals surface area (Å²) in [5.41, 5.74) is 0.889. The summed E-state index contributed by atoms with van der Waals surface area (Å²) in [6.45, 7) is 2.43. The Hall–Kier alpha value is -2.37. The van der Waals surface area contributed by atoms with E-state index in [9.17, 15) is 14.4 Å². The molecule has 6 heteroatoms. The molecule has 0 radical (unpaired) electrons. The topological polar surface area (TPSA) is 78.5 Å². The van der Waals surface area contributed by atoms with Crippen LogP contribution < -0.4 is 10.6 Å². The Bertz CT molecular complexity index is 503. The van der Waals surface area contributed by atoms with Gasteiger partial charge in [-0.25, -0.2) is 0 Å². The van der Waals surface area contributed by atoms with Crippen molar-refractivity contribution in [3.8, 4) is 0 Å². The first-order chi connectivity index (χ1) is 10.5. The third-order valence-corrected chi connectivity index (χ3v) is 3.02. The van der Waals surface area contributed by atoms with Crippen LogP contribution in [0, 0.1) is 0 Å². The van der Waals surface area contributed by atoms with E-state index in [-0.39, 0.29) is 37.2 Å². The van der Waals surface area contributed by atoms with Crippen molar-refractivity contribution < 1.29 is 14.4 Å². The van der Waals surface area contributed by atoms with Gasteiger partial charge in [0, 0.05) is 13.6 Å². The molecule has 0 saturated heterocycles. The Morgan fingerprint density at radius 1 is 1.05 bits per heavy atom. The van der Waals surface area contributed by atoms with Gasteiger partial charge >= 0.3 is 0 Å². The van der Waals surface area contributed by atoms with Crippen LogP contribution in [0.1, 0.15) is 18.9 Å². The van der Waals surface area contributed by atoms with Crippen LogP contribution >= 0.6 is 0 Å². The Morgan fingerprint density at radius 3 is 2.36 bits per heavy atom. The molecule has 0 aliphatic rings. The van der Waals surface area contributed by atoms with E-state index in [0.717, 1.165) is 12.0 Å². The first kappa shape index (κ1) is 17.7. The molecule has 0 spiro atoms. The van der Waals surface area contributed by atoms with Crippen molar-refractivity contribution in [2.75, 3.05) is 26.7 Å². The van der Waals surface area contributed by atoms with Crippen molar-refractivity contribution in [1.29, 1.82) is 0 Å². The molecule has 0 aliphatic heterocycles. The molecule has 0 heterocycles. The van der Waals surface area contributed by atoms with Gasteiger partial charge in [-0.1, -0.05) is 37.3 Å². The van der Waals surface area contributed by atoms with Gasteiger partial charge in [0.2, 0.25) is 17.7 Å². The fraction of sp³-hybridized carbons (Fsp3) is 0.438. The molecule has 120 valence electrons. The van der Waals surface area contributed by atoms with Crippen LogP contribution in [0.5, 0.6) is 0 Å². The van der Waals surface area contributed by atoms with E-state index < -0.39 is 0 Å². The molecule has 0 aliphatic carbocycles. The fourth-order valence-electron chi connectivity index (χ4n) is 1.78. The normalized spacial score (nSPS) is 9.91. The number of rotatable bonds is 8. The lowest BCUT2D eigenvalue weighted by Gasteiger charge is -2.17. The van der Waals surface area contributed by atoms with Crippen molar-refractivity contribution in [2.24, 2.45) is 0 Å². The smallest absolute Gasteiger partial charge is 0.242 e. The molecule has 0 aromatic heterocycles. The highest BCUT2D eigenvalue weighted by molar-refractivity contribution is 5.88. The van der Waals surface area contributed by atoms with Crippen molar-refractivity contribution in [3.05, 3.63) is 35.9 Å². The second-order valence-corrected chi connectivity index (χ2v) is 5.04. The average molecular weight is 305 g/mol. The number of amides is 3. The number of hydrogen-bond donors (Lipinski definition) is 2. The van der Waals surface area contributed by atoms with E-state index in [0.29, 0.717) is 6.54 Å². The first-order valence-corrected chi connectivity index (χ1v) is 7.34. The van der Waals surface area contributed by atoms with Gasteiger partial charge in [0.15, 0.2) is 0 Å². The Kier molecular flexibility index (Phi) is 7.67. The molecule has 0 bridgehead atoms. The van der Waals surface area contributed by atoms with Crippen LogP contribution in [-0.4, -0.2) is 49.3 Å². The van der Waals surface area contributed by atoms with Crippen molar-refractivity contribution in [1.82, 2.24) is 15.5 Å². The van der Waals surface area contributed by atoms with Crippen LogP contribution in [-0.2, 0) is 20.8 Å². The van der Waals surface area contributed by atoms with Crippen LogP contribution in [0.2, 0.25) is 0 Å². The molecule has 0 fully saturated rings. The van der Waals surface area contributed by atoms with Gasteiger partial charge in [0.1, 0.15) is 0 Å². The van der Waals surface area contributed by atoms with Gasteiger partial charge in [0.05, 0.1) is 19.5 Å². The number of nitrogens with zero attached hydrogens (tertiary/aromatic N) is 1. The van der Waals surface area contributed by atoms with E-state index in [1.165, 1.54) is 11.9 Å². The zero-order chi connectivity index (χ0) is 16.4. The molecule has 3 amide bonds. The summed E-state index contributed by atoms with van der Waals surface area (Å²) in [6.07, 6.45) is 1.08. The SMILES string of the molecule is CCCNC(=O)CN(C)C(=O)CNC(=O)Cc1ccccc1. The van der Waals surface area contributed by atoms with Crippen LogP contribution in [0.4, 0.5) is 0 Å². The molecule has 6 nitrogen and oxygen atoms in total. The van der Waals surface area contributed by atoms with Crippen molar-refractivity contribution >= 4 is 17.7 Å². The zero-order valence-electron chi connectivity index (χ0n) is 13.1. The monoisotopic (exact) mass is 305 g/mol. The lowest BCUT2D eigenvalue weighted by molar-refractivity contribution is -0.135. The molecular formula is C16H23N3O3. The zero-order valence-corrected chi connectivity index (χ0v) is 13.1. The van der Waals surface area contributed by atoms with Gasteiger partial charge in [0.25, 0.3) is 0 Å². The van der Waals surface area contributed by atoms with Crippen LogP contribution in [0.15, 0.2) is 30.3 Å². The highest BCUT2D eigenvalue weighted by atomic mass is 16.2. The molecule has 1 aromatic rings. The highest BCUT2D eigenvalue weighted by Crippen LogP contribution is 1.99. The number of hydrogen-bond acceptors (Lipinski definition) is 3. The minimum atomic E-state index is -0.298.